The fourth-order valence-corrected chi connectivity index (χ4v) is 3.27. The average molecular weight is 308 g/mol. The molecule has 0 saturated carbocycles. The molecule has 1 unspecified atom stereocenters. The Morgan fingerprint density at radius 2 is 2.28 bits per heavy atom. The second-order valence-electron chi connectivity index (χ2n) is 5.02. The van der Waals surface area contributed by atoms with Crippen molar-refractivity contribution >= 4 is 15.9 Å². The number of nitrogens with zero attached hydrogens (tertiary/aromatic N) is 1. The minimum atomic E-state index is -0.374. The Bertz CT molecular complexity index is 515. The van der Waals surface area contributed by atoms with Crippen molar-refractivity contribution in [2.45, 2.75) is 19.3 Å². The van der Waals surface area contributed by atoms with E-state index in [1.165, 1.54) is 5.56 Å². The summed E-state index contributed by atoms with van der Waals surface area (Å²) in [5.41, 5.74) is 2.00. The van der Waals surface area contributed by atoms with Crippen molar-refractivity contribution < 1.29 is 9.47 Å². The number of benzene rings is 1. The van der Waals surface area contributed by atoms with Gasteiger partial charge in [-0.05, 0) is 36.1 Å². The molecule has 0 aromatic heterocycles. The normalized spacial score (nSPS) is 25.6. The van der Waals surface area contributed by atoms with Gasteiger partial charge in [-0.2, -0.15) is 5.26 Å². The summed E-state index contributed by atoms with van der Waals surface area (Å²) in [5, 5.41) is 9.41. The lowest BCUT2D eigenvalue weighted by atomic mass is 9.82. The van der Waals surface area contributed by atoms with Crippen LogP contribution >= 0.6 is 15.9 Å². The Kier molecular flexibility index (Phi) is 3.04. The lowest BCUT2D eigenvalue weighted by molar-refractivity contribution is 0.171. The first-order chi connectivity index (χ1) is 8.72. The number of hydrogen-bond acceptors (Lipinski definition) is 3. The standard InChI is InChI=1S/C14H14BrNO2/c15-12-5-10-1-3-18-13(10)11(6-12)7-14(8-16)2-4-17-9-14/h5-6H,1-4,7,9H2. The quantitative estimate of drug-likeness (QED) is 0.843. The van der Waals surface area contributed by atoms with Gasteiger partial charge in [0.1, 0.15) is 5.75 Å². The fraction of sp³-hybridized carbons (Fsp3) is 0.500. The molecule has 1 fully saturated rings. The summed E-state index contributed by atoms with van der Waals surface area (Å²) in [7, 11) is 0. The second kappa shape index (κ2) is 4.56. The molecule has 0 amide bonds. The van der Waals surface area contributed by atoms with Gasteiger partial charge in [-0.25, -0.2) is 0 Å². The fourth-order valence-electron chi connectivity index (χ4n) is 2.72. The van der Waals surface area contributed by atoms with Gasteiger partial charge in [0, 0.05) is 17.5 Å². The molecule has 3 nitrogen and oxygen atoms in total. The Balaban J connectivity index is 1.96. The highest BCUT2D eigenvalue weighted by Crippen LogP contribution is 2.39. The van der Waals surface area contributed by atoms with Crippen molar-refractivity contribution in [3.8, 4) is 11.8 Å². The summed E-state index contributed by atoms with van der Waals surface area (Å²) in [4.78, 5) is 0. The van der Waals surface area contributed by atoms with Gasteiger partial charge in [-0.1, -0.05) is 15.9 Å². The van der Waals surface area contributed by atoms with Gasteiger partial charge in [0.2, 0.25) is 0 Å². The topological polar surface area (TPSA) is 42.2 Å². The van der Waals surface area contributed by atoms with Crippen LogP contribution in [0.1, 0.15) is 17.5 Å². The number of hydrogen-bond donors (Lipinski definition) is 0. The van der Waals surface area contributed by atoms with E-state index in [2.05, 4.69) is 34.1 Å². The van der Waals surface area contributed by atoms with Crippen molar-refractivity contribution in [2.24, 2.45) is 5.41 Å². The number of rotatable bonds is 2. The first kappa shape index (κ1) is 12.0. The van der Waals surface area contributed by atoms with Crippen molar-refractivity contribution in [3.05, 3.63) is 27.7 Å². The molecule has 2 aliphatic heterocycles. The summed E-state index contributed by atoms with van der Waals surface area (Å²) in [5.74, 6) is 0.986. The minimum Gasteiger partial charge on any atom is -0.493 e. The molecule has 1 saturated heterocycles. The van der Waals surface area contributed by atoms with Crippen molar-refractivity contribution in [3.63, 3.8) is 0 Å². The van der Waals surface area contributed by atoms with Gasteiger partial charge in [0.05, 0.1) is 24.7 Å². The van der Waals surface area contributed by atoms with Crippen LogP contribution in [0.2, 0.25) is 0 Å². The van der Waals surface area contributed by atoms with E-state index in [1.807, 2.05) is 0 Å². The van der Waals surface area contributed by atoms with Crippen molar-refractivity contribution in [2.75, 3.05) is 19.8 Å². The third kappa shape index (κ3) is 2.02. The van der Waals surface area contributed by atoms with Crippen LogP contribution in [0, 0.1) is 16.7 Å². The van der Waals surface area contributed by atoms with Gasteiger partial charge in [0.15, 0.2) is 0 Å². The van der Waals surface area contributed by atoms with Crippen LogP contribution in [0.3, 0.4) is 0 Å². The highest BCUT2D eigenvalue weighted by Gasteiger charge is 2.36. The molecule has 0 bridgehead atoms. The summed E-state index contributed by atoms with van der Waals surface area (Å²) in [6.07, 6.45) is 2.48. The maximum atomic E-state index is 9.41. The summed E-state index contributed by atoms with van der Waals surface area (Å²) < 4.78 is 12.2. The Morgan fingerprint density at radius 3 is 3.00 bits per heavy atom. The molecule has 0 radical (unpaired) electrons. The molecule has 3 rings (SSSR count). The van der Waals surface area contributed by atoms with Crippen molar-refractivity contribution in [1.82, 2.24) is 0 Å². The first-order valence-electron chi connectivity index (χ1n) is 6.16. The maximum Gasteiger partial charge on any atom is 0.125 e. The lowest BCUT2D eigenvalue weighted by Gasteiger charge is -2.20. The van der Waals surface area contributed by atoms with E-state index in [-0.39, 0.29) is 5.41 Å². The highest BCUT2D eigenvalue weighted by atomic mass is 79.9. The third-order valence-electron chi connectivity index (χ3n) is 3.69. The molecular weight excluding hydrogens is 294 g/mol. The molecule has 0 spiro atoms. The zero-order valence-corrected chi connectivity index (χ0v) is 11.6. The van der Waals surface area contributed by atoms with Gasteiger partial charge in [-0.3, -0.25) is 0 Å². The zero-order chi connectivity index (χ0) is 12.6. The van der Waals surface area contributed by atoms with Crippen LogP contribution in [0.5, 0.6) is 5.75 Å². The summed E-state index contributed by atoms with van der Waals surface area (Å²) in [6, 6.07) is 6.62. The second-order valence-corrected chi connectivity index (χ2v) is 5.94. The minimum absolute atomic E-state index is 0.374. The molecule has 1 atom stereocenters. The van der Waals surface area contributed by atoms with E-state index < -0.39 is 0 Å². The van der Waals surface area contributed by atoms with Crippen LogP contribution in [0.25, 0.3) is 0 Å². The van der Waals surface area contributed by atoms with Crippen LogP contribution in [0.4, 0.5) is 0 Å². The van der Waals surface area contributed by atoms with Gasteiger partial charge >= 0.3 is 0 Å². The highest BCUT2D eigenvalue weighted by molar-refractivity contribution is 9.10. The van der Waals surface area contributed by atoms with E-state index in [9.17, 15) is 5.26 Å². The van der Waals surface area contributed by atoms with Gasteiger partial charge in [-0.15, -0.1) is 0 Å². The molecule has 2 heterocycles. The molecular formula is C14H14BrNO2. The number of halogens is 1. The predicted octanol–water partition coefficient (Wildman–Crippen LogP) is 2.86. The molecule has 4 heteroatoms. The number of nitriles is 1. The predicted molar refractivity (Wildman–Crippen MR) is 70.5 cm³/mol. The maximum absolute atomic E-state index is 9.41. The van der Waals surface area contributed by atoms with Crippen molar-refractivity contribution in [1.29, 1.82) is 5.26 Å². The largest absolute Gasteiger partial charge is 0.493 e. The molecule has 94 valence electrons. The van der Waals surface area contributed by atoms with Crippen LogP contribution in [-0.4, -0.2) is 19.8 Å². The van der Waals surface area contributed by atoms with E-state index in [1.54, 1.807) is 0 Å². The molecule has 0 N–H and O–H groups in total. The Morgan fingerprint density at radius 1 is 1.39 bits per heavy atom. The van der Waals surface area contributed by atoms with Gasteiger partial charge < -0.3 is 9.47 Å². The smallest absolute Gasteiger partial charge is 0.125 e. The molecule has 1 aromatic rings. The molecule has 2 aliphatic rings. The van der Waals surface area contributed by atoms with E-state index in [0.717, 1.165) is 35.2 Å². The average Bonchev–Trinajstić information content (AvgIpc) is 2.98. The third-order valence-corrected chi connectivity index (χ3v) is 4.15. The summed E-state index contributed by atoms with van der Waals surface area (Å²) >= 11 is 3.53. The van der Waals surface area contributed by atoms with E-state index in [0.29, 0.717) is 19.6 Å². The summed E-state index contributed by atoms with van der Waals surface area (Å²) in [6.45, 7) is 1.96. The van der Waals surface area contributed by atoms with Crippen LogP contribution < -0.4 is 4.74 Å². The molecule has 1 aromatic carbocycles. The van der Waals surface area contributed by atoms with E-state index >= 15 is 0 Å². The zero-order valence-electron chi connectivity index (χ0n) is 10.0. The lowest BCUT2D eigenvalue weighted by Crippen LogP contribution is -2.22. The first-order valence-corrected chi connectivity index (χ1v) is 6.95. The van der Waals surface area contributed by atoms with Crippen LogP contribution in [0.15, 0.2) is 16.6 Å². The molecule has 0 aliphatic carbocycles. The Labute approximate surface area is 115 Å². The monoisotopic (exact) mass is 307 g/mol. The Hall–Kier alpha value is -1.05. The number of fused-ring (bicyclic) bond motifs is 1. The number of ether oxygens (including phenoxy) is 2. The SMILES string of the molecule is N#CC1(Cc2cc(Br)cc3c2OCC3)CCOC1. The van der Waals surface area contributed by atoms with Gasteiger partial charge in [0.25, 0.3) is 0 Å². The van der Waals surface area contributed by atoms with Crippen LogP contribution in [-0.2, 0) is 17.6 Å². The molecule has 18 heavy (non-hydrogen) atoms. The van der Waals surface area contributed by atoms with E-state index in [4.69, 9.17) is 9.47 Å².